The van der Waals surface area contributed by atoms with Crippen LogP contribution in [0.15, 0.2) is 18.5 Å². The maximum Gasteiger partial charge on any atom is 0.393 e. The lowest BCUT2D eigenvalue weighted by Crippen LogP contribution is -2.47. The Morgan fingerprint density at radius 2 is 1.93 bits per heavy atom. The Bertz CT molecular complexity index is 1470. The van der Waals surface area contributed by atoms with E-state index in [0.717, 1.165) is 0 Å². The molecule has 0 spiro atoms. The van der Waals surface area contributed by atoms with E-state index in [9.17, 15) is 31.5 Å². The van der Waals surface area contributed by atoms with Gasteiger partial charge in [0.1, 0.15) is 5.69 Å². The Morgan fingerprint density at radius 3 is 2.58 bits per heavy atom. The largest absolute Gasteiger partial charge is 0.393 e. The standard InChI is InChI=1S/C28H35F5N8O2/c1-4-40-21(7-10-35-40)25(43)37-23(16-5-8-27(29,30)9-6-16)20-14-41-26(36-20)38-22(15(2)3)19(39-41)12-17-11-18(28(31,32)33)13-34-24(17)42/h7,10,14-18,23H,4-6,8-9,11-13H2,1-3H3,(H,34,42)(H,37,43)/t17-,18-,23+/m1/s1. The highest BCUT2D eigenvalue weighted by Gasteiger charge is 2.45. The molecule has 3 aromatic rings. The average Bonchev–Trinajstić information content (AvgIpc) is 3.58. The predicted octanol–water partition coefficient (Wildman–Crippen LogP) is 4.62. The first-order valence-electron chi connectivity index (χ1n) is 14.6. The number of amides is 2. The molecule has 0 radical (unpaired) electrons. The first kappa shape index (κ1) is 30.8. The number of piperidine rings is 1. The topological polar surface area (TPSA) is 119 Å². The number of aryl methyl sites for hydroxylation is 1. The molecule has 0 aromatic carbocycles. The zero-order chi connectivity index (χ0) is 31.1. The van der Waals surface area contributed by atoms with Gasteiger partial charge in [0.25, 0.3) is 11.7 Å². The van der Waals surface area contributed by atoms with Crippen molar-refractivity contribution in [3.05, 3.63) is 41.2 Å². The molecule has 1 saturated heterocycles. The smallest absolute Gasteiger partial charge is 0.355 e. The van der Waals surface area contributed by atoms with Crippen molar-refractivity contribution in [3.8, 4) is 0 Å². The fraction of sp³-hybridized carbons (Fsp3) is 0.643. The Kier molecular flexibility index (Phi) is 8.45. The van der Waals surface area contributed by atoms with Crippen LogP contribution in [0.5, 0.6) is 0 Å². The molecule has 2 N–H and O–H groups in total. The quantitative estimate of drug-likeness (QED) is 0.360. The van der Waals surface area contributed by atoms with Gasteiger partial charge in [-0.1, -0.05) is 13.8 Å². The van der Waals surface area contributed by atoms with E-state index in [-0.39, 0.29) is 56.1 Å². The summed E-state index contributed by atoms with van der Waals surface area (Å²) in [5.74, 6) is -6.56. The van der Waals surface area contributed by atoms with Crippen molar-refractivity contribution >= 4 is 17.6 Å². The van der Waals surface area contributed by atoms with Crippen LogP contribution in [0.4, 0.5) is 22.0 Å². The van der Waals surface area contributed by atoms with E-state index in [0.29, 0.717) is 29.3 Å². The molecule has 0 unspecified atom stereocenters. The third kappa shape index (κ3) is 6.64. The lowest BCUT2D eigenvalue weighted by molar-refractivity contribution is -0.183. The summed E-state index contributed by atoms with van der Waals surface area (Å²) in [6, 6.07) is 0.846. The van der Waals surface area contributed by atoms with Crippen molar-refractivity contribution in [1.29, 1.82) is 0 Å². The Hall–Kier alpha value is -3.65. The second kappa shape index (κ2) is 11.8. The Balaban J connectivity index is 1.48. The number of imidazole rings is 1. The van der Waals surface area contributed by atoms with E-state index < -0.39 is 48.3 Å². The van der Waals surface area contributed by atoms with Crippen molar-refractivity contribution < 1.29 is 31.5 Å². The SMILES string of the molecule is CCn1nccc1C(=O)N[C@H](c1cn2nc(C[C@H]3C[C@@H](C(F)(F)F)CNC3=O)c(C(C)C)nc2n1)C1CCC(F)(F)CC1. The number of aromatic nitrogens is 6. The predicted molar refractivity (Wildman–Crippen MR) is 144 cm³/mol. The fourth-order valence-electron chi connectivity index (χ4n) is 6.02. The molecule has 15 heteroatoms. The number of halogens is 5. The number of fused-ring (bicyclic) bond motifs is 1. The van der Waals surface area contributed by atoms with Gasteiger partial charge in [-0.2, -0.15) is 23.4 Å². The van der Waals surface area contributed by atoms with E-state index in [2.05, 4.69) is 30.8 Å². The van der Waals surface area contributed by atoms with Crippen LogP contribution in [0, 0.1) is 17.8 Å². The van der Waals surface area contributed by atoms with Crippen molar-refractivity contribution in [1.82, 2.24) is 40.0 Å². The molecule has 234 valence electrons. The lowest BCUT2D eigenvalue weighted by atomic mass is 9.81. The number of hydrogen-bond acceptors (Lipinski definition) is 6. The minimum Gasteiger partial charge on any atom is -0.355 e. The molecule has 3 atom stereocenters. The van der Waals surface area contributed by atoms with Crippen LogP contribution < -0.4 is 10.6 Å². The molecule has 2 aliphatic rings. The summed E-state index contributed by atoms with van der Waals surface area (Å²) in [5, 5.41) is 14.1. The number of carbonyl (C=O) groups is 2. The van der Waals surface area contributed by atoms with Gasteiger partial charge in [-0.05, 0) is 44.1 Å². The van der Waals surface area contributed by atoms with Gasteiger partial charge >= 0.3 is 6.18 Å². The van der Waals surface area contributed by atoms with Gasteiger partial charge < -0.3 is 10.6 Å². The fourth-order valence-corrected chi connectivity index (χ4v) is 6.02. The highest BCUT2D eigenvalue weighted by molar-refractivity contribution is 5.92. The second-order valence-electron chi connectivity index (χ2n) is 11.8. The molecule has 43 heavy (non-hydrogen) atoms. The number of carbonyl (C=O) groups excluding carboxylic acids is 2. The maximum atomic E-state index is 14.0. The van der Waals surface area contributed by atoms with Crippen LogP contribution in [0.1, 0.15) is 92.4 Å². The van der Waals surface area contributed by atoms with E-state index in [1.54, 1.807) is 12.3 Å². The zero-order valence-corrected chi connectivity index (χ0v) is 24.2. The third-order valence-electron chi connectivity index (χ3n) is 8.43. The molecule has 0 bridgehead atoms. The Labute approximate surface area is 244 Å². The average molecular weight is 611 g/mol. The maximum absolute atomic E-state index is 14.0. The number of nitrogens with one attached hydrogen (secondary N) is 2. The molecule has 1 saturated carbocycles. The molecule has 4 heterocycles. The van der Waals surface area contributed by atoms with E-state index in [1.807, 2.05) is 20.8 Å². The zero-order valence-electron chi connectivity index (χ0n) is 24.2. The summed E-state index contributed by atoms with van der Waals surface area (Å²) in [7, 11) is 0. The summed E-state index contributed by atoms with van der Waals surface area (Å²) in [6.45, 7) is 5.56. The van der Waals surface area contributed by atoms with E-state index in [4.69, 9.17) is 0 Å². The summed E-state index contributed by atoms with van der Waals surface area (Å²) in [4.78, 5) is 35.1. The van der Waals surface area contributed by atoms with Crippen LogP contribution in [0.2, 0.25) is 0 Å². The molecule has 3 aromatic heterocycles. The summed E-state index contributed by atoms with van der Waals surface area (Å²) >= 11 is 0. The van der Waals surface area contributed by atoms with Crippen LogP contribution in [-0.4, -0.2) is 59.8 Å². The van der Waals surface area contributed by atoms with Gasteiger partial charge in [0.15, 0.2) is 0 Å². The number of hydrogen-bond donors (Lipinski definition) is 2. The Morgan fingerprint density at radius 1 is 1.21 bits per heavy atom. The summed E-state index contributed by atoms with van der Waals surface area (Å²) < 4.78 is 71.3. The molecule has 2 fully saturated rings. The normalized spacial score (nSPS) is 22.1. The van der Waals surface area contributed by atoms with Gasteiger partial charge in [0.05, 0.1) is 35.2 Å². The molecular formula is C28H35F5N8O2. The molecular weight excluding hydrogens is 575 g/mol. The lowest BCUT2D eigenvalue weighted by Gasteiger charge is -2.33. The van der Waals surface area contributed by atoms with Crippen LogP contribution in [-0.2, 0) is 17.8 Å². The van der Waals surface area contributed by atoms with E-state index in [1.165, 1.54) is 15.4 Å². The van der Waals surface area contributed by atoms with Crippen molar-refractivity contribution in [2.75, 3.05) is 6.54 Å². The van der Waals surface area contributed by atoms with Gasteiger partial charge in [0.2, 0.25) is 11.8 Å². The van der Waals surface area contributed by atoms with Gasteiger partial charge in [-0.15, -0.1) is 0 Å². The first-order chi connectivity index (χ1) is 20.3. The summed E-state index contributed by atoms with van der Waals surface area (Å²) in [6.07, 6.45) is -2.05. The highest BCUT2D eigenvalue weighted by atomic mass is 19.4. The van der Waals surface area contributed by atoms with E-state index >= 15 is 0 Å². The van der Waals surface area contributed by atoms with Crippen LogP contribution in [0.3, 0.4) is 0 Å². The minimum atomic E-state index is -4.43. The highest BCUT2D eigenvalue weighted by Crippen LogP contribution is 2.41. The molecule has 10 nitrogen and oxygen atoms in total. The van der Waals surface area contributed by atoms with Gasteiger partial charge in [-0.3, -0.25) is 14.3 Å². The first-order valence-corrected chi connectivity index (χ1v) is 14.6. The third-order valence-corrected chi connectivity index (χ3v) is 8.43. The molecule has 2 amide bonds. The summed E-state index contributed by atoms with van der Waals surface area (Å²) in [5.41, 5.74) is 1.57. The molecule has 5 rings (SSSR count). The molecule has 1 aliphatic heterocycles. The van der Waals surface area contributed by atoms with Crippen LogP contribution >= 0.6 is 0 Å². The monoisotopic (exact) mass is 610 g/mol. The minimum absolute atomic E-state index is 0.0404. The second-order valence-corrected chi connectivity index (χ2v) is 11.8. The van der Waals surface area contributed by atoms with Gasteiger partial charge in [-0.25, -0.2) is 23.3 Å². The number of nitrogens with zero attached hydrogens (tertiary/aromatic N) is 6. The number of rotatable bonds is 8. The van der Waals surface area contributed by atoms with Crippen molar-refractivity contribution in [2.45, 2.75) is 89.9 Å². The van der Waals surface area contributed by atoms with Gasteiger partial charge in [0, 0.05) is 44.5 Å². The van der Waals surface area contributed by atoms with Crippen molar-refractivity contribution in [3.63, 3.8) is 0 Å². The molecule has 1 aliphatic carbocycles. The number of alkyl halides is 5. The van der Waals surface area contributed by atoms with Crippen molar-refractivity contribution in [2.24, 2.45) is 17.8 Å². The van der Waals surface area contributed by atoms with Crippen LogP contribution in [0.25, 0.3) is 5.78 Å².